The third-order valence-corrected chi connectivity index (χ3v) is 6.08. The summed E-state index contributed by atoms with van der Waals surface area (Å²) >= 11 is 4.85. The van der Waals surface area contributed by atoms with E-state index in [-0.39, 0.29) is 17.0 Å². The van der Waals surface area contributed by atoms with Gasteiger partial charge < -0.3 is 4.74 Å². The van der Waals surface area contributed by atoms with Crippen LogP contribution in [0.5, 0.6) is 5.75 Å². The topological polar surface area (TPSA) is 54.3 Å². The number of thioether (sulfide) groups is 1. The Morgan fingerprint density at radius 1 is 1.28 bits per heavy atom. The van der Waals surface area contributed by atoms with Crippen LogP contribution in [0.4, 0.5) is 4.39 Å². The summed E-state index contributed by atoms with van der Waals surface area (Å²) in [6.45, 7) is 2.38. The zero-order chi connectivity index (χ0) is 20.8. The monoisotopic (exact) mass is 477 g/mol. The summed E-state index contributed by atoms with van der Waals surface area (Å²) in [4.78, 5) is 14.4. The SMILES string of the molecule is CCC[C@H]1S/C(=N/N=C\c2cc(Br)ccc2OC)N(Cc2ccc(F)cc2)C1=O. The van der Waals surface area contributed by atoms with E-state index in [4.69, 9.17) is 4.74 Å². The molecule has 5 nitrogen and oxygen atoms in total. The van der Waals surface area contributed by atoms with E-state index in [1.54, 1.807) is 30.4 Å². The summed E-state index contributed by atoms with van der Waals surface area (Å²) in [5.41, 5.74) is 1.61. The summed E-state index contributed by atoms with van der Waals surface area (Å²) in [5.74, 6) is 0.385. The first-order valence-corrected chi connectivity index (χ1v) is 10.9. The number of hydrogen-bond donors (Lipinski definition) is 0. The molecule has 0 spiro atoms. The fraction of sp³-hybridized carbons (Fsp3) is 0.286. The largest absolute Gasteiger partial charge is 0.496 e. The summed E-state index contributed by atoms with van der Waals surface area (Å²) in [5, 5.41) is 8.88. The molecule has 0 N–H and O–H groups in total. The number of amidine groups is 1. The second-order valence-corrected chi connectivity index (χ2v) is 8.54. The Hall–Kier alpha value is -2.19. The molecule has 0 radical (unpaired) electrons. The van der Waals surface area contributed by atoms with Gasteiger partial charge >= 0.3 is 0 Å². The van der Waals surface area contributed by atoms with Crippen LogP contribution in [-0.2, 0) is 11.3 Å². The molecule has 0 bridgehead atoms. The number of rotatable bonds is 7. The molecule has 0 aromatic heterocycles. The highest BCUT2D eigenvalue weighted by atomic mass is 79.9. The van der Waals surface area contributed by atoms with Crippen LogP contribution in [0.3, 0.4) is 0 Å². The van der Waals surface area contributed by atoms with Gasteiger partial charge in [0.2, 0.25) is 5.91 Å². The predicted octanol–water partition coefficient (Wildman–Crippen LogP) is 5.23. The van der Waals surface area contributed by atoms with Gasteiger partial charge in [-0.25, -0.2) is 4.39 Å². The van der Waals surface area contributed by atoms with Gasteiger partial charge in [0.25, 0.3) is 0 Å². The maximum Gasteiger partial charge on any atom is 0.242 e. The Morgan fingerprint density at radius 3 is 2.72 bits per heavy atom. The van der Waals surface area contributed by atoms with Crippen molar-refractivity contribution in [3.8, 4) is 5.75 Å². The quantitative estimate of drug-likeness (QED) is 0.405. The van der Waals surface area contributed by atoms with Gasteiger partial charge in [-0.3, -0.25) is 9.69 Å². The fourth-order valence-electron chi connectivity index (χ4n) is 2.90. The van der Waals surface area contributed by atoms with Crippen molar-refractivity contribution in [1.82, 2.24) is 4.90 Å². The molecule has 1 fully saturated rings. The Balaban J connectivity index is 1.84. The first-order chi connectivity index (χ1) is 14.0. The van der Waals surface area contributed by atoms with E-state index >= 15 is 0 Å². The lowest BCUT2D eigenvalue weighted by molar-refractivity contribution is -0.126. The van der Waals surface area contributed by atoms with E-state index in [0.717, 1.165) is 28.4 Å². The van der Waals surface area contributed by atoms with Gasteiger partial charge in [-0.05, 0) is 42.3 Å². The first kappa shape index (κ1) is 21.5. The van der Waals surface area contributed by atoms with Crippen LogP contribution in [0.15, 0.2) is 57.1 Å². The fourth-order valence-corrected chi connectivity index (χ4v) is 4.49. The predicted molar refractivity (Wildman–Crippen MR) is 119 cm³/mol. The van der Waals surface area contributed by atoms with Gasteiger partial charge in [0.05, 0.1) is 25.1 Å². The molecule has 0 unspecified atom stereocenters. The molecule has 1 atom stereocenters. The van der Waals surface area contributed by atoms with E-state index < -0.39 is 0 Å². The van der Waals surface area contributed by atoms with E-state index in [1.165, 1.54) is 23.9 Å². The van der Waals surface area contributed by atoms with Crippen molar-refractivity contribution in [2.24, 2.45) is 10.2 Å². The van der Waals surface area contributed by atoms with Crippen LogP contribution >= 0.6 is 27.7 Å². The lowest BCUT2D eigenvalue weighted by Crippen LogP contribution is -2.31. The number of ether oxygens (including phenoxy) is 1. The summed E-state index contributed by atoms with van der Waals surface area (Å²) < 4.78 is 19.4. The van der Waals surface area contributed by atoms with Gasteiger partial charge in [-0.15, -0.1) is 5.10 Å². The number of methoxy groups -OCH3 is 1. The number of carbonyl (C=O) groups is 1. The van der Waals surface area contributed by atoms with Crippen molar-refractivity contribution in [3.05, 3.63) is 63.9 Å². The summed E-state index contributed by atoms with van der Waals surface area (Å²) in [7, 11) is 1.59. The third kappa shape index (κ3) is 5.45. The molecule has 152 valence electrons. The van der Waals surface area contributed by atoms with Gasteiger partial charge in [0.1, 0.15) is 11.6 Å². The second-order valence-electron chi connectivity index (χ2n) is 6.46. The van der Waals surface area contributed by atoms with Gasteiger partial charge in [-0.1, -0.05) is 53.2 Å². The molecule has 1 saturated heterocycles. The Bertz CT molecular complexity index is 934. The molecule has 3 rings (SSSR count). The van der Waals surface area contributed by atoms with Gasteiger partial charge in [-0.2, -0.15) is 5.10 Å². The zero-order valence-corrected chi connectivity index (χ0v) is 18.5. The van der Waals surface area contributed by atoms with Crippen molar-refractivity contribution in [2.75, 3.05) is 7.11 Å². The maximum absolute atomic E-state index is 13.2. The van der Waals surface area contributed by atoms with Crippen LogP contribution in [0.25, 0.3) is 0 Å². The standard InChI is InChI=1S/C21H21BrFN3O2S/c1-3-4-19-20(27)26(13-14-5-8-17(23)9-6-14)21(29-19)25-24-12-15-11-16(22)7-10-18(15)28-2/h5-12,19H,3-4,13H2,1-2H3/b24-12-,25-21+/t19-/m1/s1. The molecular weight excluding hydrogens is 457 g/mol. The third-order valence-electron chi connectivity index (χ3n) is 4.36. The maximum atomic E-state index is 13.2. The van der Waals surface area contributed by atoms with E-state index in [2.05, 4.69) is 26.1 Å². The van der Waals surface area contributed by atoms with Crippen LogP contribution < -0.4 is 4.74 Å². The Morgan fingerprint density at radius 2 is 2.03 bits per heavy atom. The van der Waals surface area contributed by atoms with Crippen molar-refractivity contribution in [3.63, 3.8) is 0 Å². The zero-order valence-electron chi connectivity index (χ0n) is 16.1. The number of nitrogens with zero attached hydrogens (tertiary/aromatic N) is 3. The van der Waals surface area contributed by atoms with E-state index in [1.807, 2.05) is 25.1 Å². The molecule has 0 aliphatic carbocycles. The first-order valence-electron chi connectivity index (χ1n) is 9.19. The van der Waals surface area contributed by atoms with Crippen LogP contribution in [0, 0.1) is 5.82 Å². The minimum atomic E-state index is -0.304. The van der Waals surface area contributed by atoms with Crippen molar-refractivity contribution >= 4 is 45.0 Å². The van der Waals surface area contributed by atoms with Gasteiger partial charge in [0.15, 0.2) is 5.17 Å². The lowest BCUT2D eigenvalue weighted by Gasteiger charge is -2.15. The number of halogens is 2. The van der Waals surface area contributed by atoms with E-state index in [0.29, 0.717) is 17.5 Å². The van der Waals surface area contributed by atoms with Crippen molar-refractivity contribution < 1.29 is 13.9 Å². The van der Waals surface area contributed by atoms with Crippen LogP contribution in [0.1, 0.15) is 30.9 Å². The number of hydrogen-bond acceptors (Lipinski definition) is 5. The molecule has 8 heteroatoms. The Kier molecular flexibility index (Phi) is 7.44. The number of carbonyl (C=O) groups excluding carboxylic acids is 1. The molecule has 1 aliphatic heterocycles. The smallest absolute Gasteiger partial charge is 0.242 e. The highest BCUT2D eigenvalue weighted by molar-refractivity contribution is 9.10. The average molecular weight is 478 g/mol. The molecule has 29 heavy (non-hydrogen) atoms. The molecule has 1 heterocycles. The van der Waals surface area contributed by atoms with Crippen molar-refractivity contribution in [2.45, 2.75) is 31.6 Å². The molecule has 1 amide bonds. The number of amides is 1. The van der Waals surface area contributed by atoms with Crippen molar-refractivity contribution in [1.29, 1.82) is 0 Å². The minimum absolute atomic E-state index is 0.00941. The molecular formula is C21H21BrFN3O2S. The Labute approximate surface area is 182 Å². The summed E-state index contributed by atoms with van der Waals surface area (Å²) in [6, 6.07) is 11.7. The molecule has 2 aromatic carbocycles. The van der Waals surface area contributed by atoms with E-state index in [9.17, 15) is 9.18 Å². The second kappa shape index (κ2) is 10.0. The molecule has 2 aromatic rings. The van der Waals surface area contributed by atoms with Crippen LogP contribution in [0.2, 0.25) is 0 Å². The van der Waals surface area contributed by atoms with Gasteiger partial charge in [0, 0.05) is 10.0 Å². The highest BCUT2D eigenvalue weighted by Crippen LogP contribution is 2.32. The molecule has 0 saturated carbocycles. The average Bonchev–Trinajstić information content (AvgIpc) is 2.99. The minimum Gasteiger partial charge on any atom is -0.496 e. The van der Waals surface area contributed by atoms with Crippen LogP contribution in [-0.4, -0.2) is 34.5 Å². The highest BCUT2D eigenvalue weighted by Gasteiger charge is 2.37. The molecule has 1 aliphatic rings. The summed E-state index contributed by atoms with van der Waals surface area (Å²) in [6.07, 6.45) is 3.27. The lowest BCUT2D eigenvalue weighted by atomic mass is 10.2. The number of benzene rings is 2. The normalized spacial score (nSPS) is 18.2.